The molecule has 9 nitrogen and oxygen atoms in total. The van der Waals surface area contributed by atoms with E-state index < -0.39 is 0 Å². The number of anilines is 4. The Morgan fingerprint density at radius 2 is 1.85 bits per heavy atom. The molecule has 33 heavy (non-hydrogen) atoms. The zero-order chi connectivity index (χ0) is 23.8. The largest absolute Gasteiger partial charge is 0.494 e. The average Bonchev–Trinajstić information content (AvgIpc) is 2.83. The summed E-state index contributed by atoms with van der Waals surface area (Å²) in [6.07, 6.45) is 2.69. The highest BCUT2D eigenvalue weighted by Crippen LogP contribution is 2.38. The lowest BCUT2D eigenvalue weighted by molar-refractivity contribution is -0.111. The van der Waals surface area contributed by atoms with Crippen LogP contribution in [0.2, 0.25) is 0 Å². The van der Waals surface area contributed by atoms with Crippen LogP contribution in [0.15, 0.2) is 61.4 Å². The van der Waals surface area contributed by atoms with E-state index in [1.165, 1.54) is 12.4 Å². The molecule has 172 valence electrons. The number of carbonyl (C=O) groups excluding carboxylic acids is 1. The second kappa shape index (κ2) is 11.1. The molecular weight excluding hydrogens is 418 g/mol. The van der Waals surface area contributed by atoms with E-state index in [0.717, 1.165) is 24.3 Å². The van der Waals surface area contributed by atoms with E-state index in [2.05, 4.69) is 42.0 Å². The third-order valence-electron chi connectivity index (χ3n) is 4.91. The molecule has 2 N–H and O–H groups in total. The SMILES string of the molecule is C=CC(=O)Nc1cc(Nc2ncnc(-c3ccccc3)n2)c(OC)cc1N(C)CCN(C)C. The van der Waals surface area contributed by atoms with Crippen LogP contribution in [0, 0.1) is 0 Å². The summed E-state index contributed by atoms with van der Waals surface area (Å²) in [6, 6.07) is 13.3. The fraction of sp³-hybridized carbons (Fsp3) is 0.250. The quantitative estimate of drug-likeness (QED) is 0.457. The molecule has 0 radical (unpaired) electrons. The Balaban J connectivity index is 1.97. The molecule has 0 aliphatic carbocycles. The van der Waals surface area contributed by atoms with Gasteiger partial charge >= 0.3 is 0 Å². The van der Waals surface area contributed by atoms with E-state index in [1.54, 1.807) is 13.2 Å². The minimum atomic E-state index is -0.306. The molecule has 0 aliphatic rings. The van der Waals surface area contributed by atoms with Gasteiger partial charge in [0.25, 0.3) is 0 Å². The molecule has 0 spiro atoms. The van der Waals surface area contributed by atoms with Crippen molar-refractivity contribution in [2.24, 2.45) is 0 Å². The van der Waals surface area contributed by atoms with Gasteiger partial charge in [-0.3, -0.25) is 4.79 Å². The standard InChI is InChI=1S/C24H29N7O2/c1-6-22(32)27-18-14-19(21(33-5)15-20(18)31(4)13-12-30(2)3)28-24-26-16-25-23(29-24)17-10-8-7-9-11-17/h6-11,14-16H,1,12-13H2,2-5H3,(H,27,32)(H,25,26,28,29). The third-order valence-corrected chi connectivity index (χ3v) is 4.91. The van der Waals surface area contributed by atoms with Gasteiger partial charge in [-0.05, 0) is 26.2 Å². The summed E-state index contributed by atoms with van der Waals surface area (Å²) in [5.74, 6) is 1.18. The molecule has 0 aliphatic heterocycles. The van der Waals surface area contributed by atoms with E-state index in [0.29, 0.717) is 28.9 Å². The molecule has 0 saturated carbocycles. The molecule has 1 amide bonds. The Kier molecular flexibility index (Phi) is 7.93. The van der Waals surface area contributed by atoms with Crippen molar-refractivity contribution in [2.75, 3.05) is 56.9 Å². The van der Waals surface area contributed by atoms with Gasteiger partial charge in [-0.2, -0.15) is 4.98 Å². The van der Waals surface area contributed by atoms with E-state index >= 15 is 0 Å². The Morgan fingerprint density at radius 1 is 1.09 bits per heavy atom. The smallest absolute Gasteiger partial charge is 0.247 e. The van der Waals surface area contributed by atoms with Crippen LogP contribution in [0.3, 0.4) is 0 Å². The first-order valence-corrected chi connectivity index (χ1v) is 10.4. The number of benzene rings is 2. The number of methoxy groups -OCH3 is 1. The van der Waals surface area contributed by atoms with E-state index in [1.807, 2.05) is 57.5 Å². The predicted molar refractivity (Wildman–Crippen MR) is 132 cm³/mol. The normalized spacial score (nSPS) is 10.6. The van der Waals surface area contributed by atoms with Crippen LogP contribution in [0.5, 0.6) is 5.75 Å². The van der Waals surface area contributed by atoms with E-state index in [-0.39, 0.29) is 5.91 Å². The molecule has 0 fully saturated rings. The van der Waals surface area contributed by atoms with Crippen LogP contribution >= 0.6 is 0 Å². The van der Waals surface area contributed by atoms with E-state index in [4.69, 9.17) is 4.74 Å². The van der Waals surface area contributed by atoms with Crippen LogP contribution in [0.1, 0.15) is 0 Å². The van der Waals surface area contributed by atoms with Crippen LogP contribution in [0.25, 0.3) is 11.4 Å². The number of amides is 1. The minimum absolute atomic E-state index is 0.306. The maximum Gasteiger partial charge on any atom is 0.247 e. The van der Waals surface area contributed by atoms with Gasteiger partial charge in [-0.1, -0.05) is 36.9 Å². The highest BCUT2D eigenvalue weighted by molar-refractivity contribution is 6.02. The molecule has 0 atom stereocenters. The van der Waals surface area contributed by atoms with Gasteiger partial charge in [0.05, 0.1) is 24.2 Å². The van der Waals surface area contributed by atoms with Gasteiger partial charge in [0, 0.05) is 31.8 Å². The average molecular weight is 448 g/mol. The summed E-state index contributed by atoms with van der Waals surface area (Å²) in [4.78, 5) is 29.3. The number of hydrogen-bond acceptors (Lipinski definition) is 8. The predicted octanol–water partition coefficient (Wildman–Crippen LogP) is 3.41. The Hall–Kier alpha value is -3.98. The fourth-order valence-corrected chi connectivity index (χ4v) is 3.11. The Morgan fingerprint density at radius 3 is 2.52 bits per heavy atom. The van der Waals surface area contributed by atoms with Crippen molar-refractivity contribution in [3.63, 3.8) is 0 Å². The van der Waals surface area contributed by atoms with Gasteiger partial charge in [0.1, 0.15) is 12.1 Å². The summed E-state index contributed by atoms with van der Waals surface area (Å²) in [5, 5.41) is 6.07. The lowest BCUT2D eigenvalue weighted by atomic mass is 10.2. The summed E-state index contributed by atoms with van der Waals surface area (Å²) in [6.45, 7) is 5.16. The molecule has 1 aromatic heterocycles. The second-order valence-corrected chi connectivity index (χ2v) is 7.61. The highest BCUT2D eigenvalue weighted by atomic mass is 16.5. The topological polar surface area (TPSA) is 95.5 Å². The van der Waals surface area contributed by atoms with Crippen molar-refractivity contribution in [1.29, 1.82) is 0 Å². The first-order chi connectivity index (χ1) is 15.9. The number of aromatic nitrogens is 3. The van der Waals surface area contributed by atoms with Crippen LogP contribution in [-0.2, 0) is 4.79 Å². The van der Waals surface area contributed by atoms with Gasteiger partial charge in [0.2, 0.25) is 11.9 Å². The maximum atomic E-state index is 12.1. The molecule has 0 unspecified atom stereocenters. The first-order valence-electron chi connectivity index (χ1n) is 10.4. The zero-order valence-corrected chi connectivity index (χ0v) is 19.4. The van der Waals surface area contributed by atoms with Gasteiger partial charge in [-0.15, -0.1) is 0 Å². The first kappa shape index (κ1) is 23.7. The fourth-order valence-electron chi connectivity index (χ4n) is 3.11. The van der Waals surface area contributed by atoms with Crippen LogP contribution in [-0.4, -0.2) is 67.1 Å². The molecule has 9 heteroatoms. The summed E-state index contributed by atoms with van der Waals surface area (Å²) in [5.41, 5.74) is 2.91. The molecule has 0 bridgehead atoms. The third kappa shape index (κ3) is 6.27. The lowest BCUT2D eigenvalue weighted by Crippen LogP contribution is -2.29. The zero-order valence-electron chi connectivity index (χ0n) is 19.4. The van der Waals surface area contributed by atoms with Gasteiger partial charge < -0.3 is 25.2 Å². The van der Waals surface area contributed by atoms with Crippen molar-refractivity contribution in [2.45, 2.75) is 0 Å². The van der Waals surface area contributed by atoms with Crippen LogP contribution in [0.4, 0.5) is 23.0 Å². The van der Waals surface area contributed by atoms with Gasteiger partial charge in [-0.25, -0.2) is 9.97 Å². The van der Waals surface area contributed by atoms with Crippen LogP contribution < -0.4 is 20.3 Å². The van der Waals surface area contributed by atoms with Gasteiger partial charge in [0.15, 0.2) is 5.82 Å². The number of ether oxygens (including phenoxy) is 1. The summed E-state index contributed by atoms with van der Waals surface area (Å²) >= 11 is 0. The number of likely N-dealkylation sites (N-methyl/N-ethyl adjacent to an activating group) is 2. The number of nitrogens with one attached hydrogen (secondary N) is 2. The summed E-state index contributed by atoms with van der Waals surface area (Å²) < 4.78 is 5.63. The molecule has 0 saturated heterocycles. The summed E-state index contributed by atoms with van der Waals surface area (Å²) in [7, 11) is 7.59. The molecular formula is C24H29N7O2. The second-order valence-electron chi connectivity index (χ2n) is 7.61. The molecule has 3 aromatic rings. The highest BCUT2D eigenvalue weighted by Gasteiger charge is 2.16. The number of hydrogen-bond donors (Lipinski definition) is 2. The van der Waals surface area contributed by atoms with Crippen molar-refractivity contribution in [3.8, 4) is 17.1 Å². The van der Waals surface area contributed by atoms with E-state index in [9.17, 15) is 4.79 Å². The minimum Gasteiger partial charge on any atom is -0.494 e. The molecule has 3 rings (SSSR count). The van der Waals surface area contributed by atoms with Crippen molar-refractivity contribution in [3.05, 3.63) is 61.4 Å². The Labute approximate surface area is 194 Å². The van der Waals surface area contributed by atoms with Crippen molar-refractivity contribution < 1.29 is 9.53 Å². The number of carbonyl (C=O) groups is 1. The number of nitrogens with zero attached hydrogens (tertiary/aromatic N) is 5. The van der Waals surface area contributed by atoms with Crippen molar-refractivity contribution >= 4 is 28.9 Å². The molecule has 1 heterocycles. The van der Waals surface area contributed by atoms with Crippen molar-refractivity contribution in [1.82, 2.24) is 19.9 Å². The number of rotatable bonds is 10. The molecule has 2 aromatic carbocycles. The Bertz CT molecular complexity index is 1100. The monoisotopic (exact) mass is 447 g/mol. The maximum absolute atomic E-state index is 12.1. The lowest BCUT2D eigenvalue weighted by Gasteiger charge is -2.25.